The van der Waals surface area contributed by atoms with Gasteiger partial charge >= 0.3 is 0 Å². The molecule has 0 saturated carbocycles. The molecule has 0 aliphatic carbocycles. The van der Waals surface area contributed by atoms with E-state index in [2.05, 4.69) is 21.1 Å². The van der Waals surface area contributed by atoms with E-state index in [0.717, 1.165) is 0 Å². The van der Waals surface area contributed by atoms with Crippen LogP contribution in [0.3, 0.4) is 0 Å². The van der Waals surface area contributed by atoms with Gasteiger partial charge in [-0.25, -0.2) is 9.37 Å². The summed E-state index contributed by atoms with van der Waals surface area (Å²) < 4.78 is 21.7. The lowest BCUT2D eigenvalue weighted by Gasteiger charge is -2.21. The first-order chi connectivity index (χ1) is 15.9. The predicted molar refractivity (Wildman–Crippen MR) is 118 cm³/mol. The number of nitrogens with zero attached hydrogens (tertiary/aromatic N) is 5. The Balaban J connectivity index is 1.90. The lowest BCUT2D eigenvalue weighted by atomic mass is 9.92. The number of nitrogens with two attached hydrogens (primary N) is 1. The average Bonchev–Trinajstić information content (AvgIpc) is 3.15. The van der Waals surface area contributed by atoms with E-state index in [1.807, 2.05) is 0 Å². The first-order valence-corrected chi connectivity index (χ1v) is 10.1. The number of benzene rings is 1. The fraction of sp³-hybridized carbons (Fsp3) is 0.125. The van der Waals surface area contributed by atoms with Crippen molar-refractivity contribution in [2.45, 2.75) is 13.0 Å². The summed E-state index contributed by atoms with van der Waals surface area (Å²) in [6, 6.07) is 11.2. The third-order valence-corrected chi connectivity index (χ3v) is 5.60. The van der Waals surface area contributed by atoms with Crippen LogP contribution in [-0.2, 0) is 7.05 Å². The van der Waals surface area contributed by atoms with Crippen LogP contribution in [0, 0.1) is 17.1 Å². The number of ether oxygens (including phenoxy) is 1. The van der Waals surface area contributed by atoms with Gasteiger partial charge in [-0.2, -0.15) is 10.4 Å². The van der Waals surface area contributed by atoms with Gasteiger partial charge in [0.2, 0.25) is 5.78 Å². The molecule has 0 spiro atoms. The zero-order valence-electron chi connectivity index (χ0n) is 17.7. The number of nitrogen functional groups attached to an aromatic ring is 1. The van der Waals surface area contributed by atoms with Gasteiger partial charge in [0.05, 0.1) is 16.8 Å². The quantitative estimate of drug-likeness (QED) is 0.441. The molecule has 4 heterocycles. The maximum Gasteiger partial charge on any atom is 0.216 e. The van der Waals surface area contributed by atoms with E-state index in [-0.39, 0.29) is 28.5 Å². The number of aromatic nitrogens is 4. The molecule has 8 nitrogen and oxygen atoms in total. The summed E-state index contributed by atoms with van der Waals surface area (Å²) in [5, 5.41) is 14.1. The number of halogens is 1. The molecule has 2 N–H and O–H groups in total. The molecule has 0 fully saturated rings. The lowest BCUT2D eigenvalue weighted by molar-refractivity contribution is 0.103. The topological polar surface area (TPSA) is 120 Å². The molecule has 1 aliphatic heterocycles. The molecule has 1 atom stereocenters. The van der Waals surface area contributed by atoms with E-state index in [0.29, 0.717) is 27.9 Å². The monoisotopic (exact) mass is 440 g/mol. The molecule has 9 heteroatoms. The van der Waals surface area contributed by atoms with Gasteiger partial charge in [-0.1, -0.05) is 0 Å². The number of nitriles is 1. The first-order valence-electron chi connectivity index (χ1n) is 10.1. The highest BCUT2D eigenvalue weighted by Crippen LogP contribution is 2.38. The van der Waals surface area contributed by atoms with E-state index in [9.17, 15) is 14.4 Å². The number of carbonyl (C=O) groups is 1. The fourth-order valence-corrected chi connectivity index (χ4v) is 4.04. The van der Waals surface area contributed by atoms with Gasteiger partial charge in [0, 0.05) is 36.1 Å². The van der Waals surface area contributed by atoms with Crippen molar-refractivity contribution >= 4 is 11.6 Å². The van der Waals surface area contributed by atoms with Gasteiger partial charge in [0.1, 0.15) is 29.4 Å². The van der Waals surface area contributed by atoms with Crippen molar-refractivity contribution in [3.63, 3.8) is 0 Å². The summed E-state index contributed by atoms with van der Waals surface area (Å²) in [6.07, 6.45) is 2.37. The van der Waals surface area contributed by atoms with E-state index in [4.69, 9.17) is 10.5 Å². The molecule has 33 heavy (non-hydrogen) atoms. The van der Waals surface area contributed by atoms with Crippen LogP contribution in [0.25, 0.3) is 22.4 Å². The molecule has 0 amide bonds. The largest absolute Gasteiger partial charge is 0.482 e. The number of aryl methyl sites for hydroxylation is 1. The van der Waals surface area contributed by atoms with Crippen molar-refractivity contribution in [2.24, 2.45) is 7.05 Å². The summed E-state index contributed by atoms with van der Waals surface area (Å²) in [5.74, 6) is -0.517. The summed E-state index contributed by atoms with van der Waals surface area (Å²) >= 11 is 0. The Hall–Kier alpha value is -4.58. The molecule has 0 radical (unpaired) electrons. The molecule has 1 aliphatic rings. The minimum absolute atomic E-state index is 0.0677. The number of anilines is 1. The van der Waals surface area contributed by atoms with E-state index in [1.165, 1.54) is 23.0 Å². The molecule has 5 rings (SSSR count). The van der Waals surface area contributed by atoms with Crippen molar-refractivity contribution in [1.82, 2.24) is 19.7 Å². The Labute approximate surface area is 188 Å². The number of hydrogen-bond acceptors (Lipinski definition) is 7. The molecular formula is C24H17FN6O2. The third kappa shape index (κ3) is 3.20. The molecule has 1 aromatic carbocycles. The summed E-state index contributed by atoms with van der Waals surface area (Å²) in [7, 11) is 1.59. The Kier molecular flexibility index (Phi) is 4.64. The Morgan fingerprint density at radius 2 is 2.00 bits per heavy atom. The zero-order valence-corrected chi connectivity index (χ0v) is 17.7. The summed E-state index contributed by atoms with van der Waals surface area (Å²) in [6.45, 7) is 1.75. The SMILES string of the molecule is C[C@H]1Oc2cc(cnc2N)-c2c(nn(C)c2C#N)C(=O)c2cccnc2-c2ccc(F)cc21. The minimum atomic E-state index is -0.650. The van der Waals surface area contributed by atoms with Crippen LogP contribution in [0.15, 0.2) is 48.8 Å². The predicted octanol–water partition coefficient (Wildman–Crippen LogP) is 3.82. The molecule has 3 aromatic heterocycles. The molecule has 162 valence electrons. The molecular weight excluding hydrogens is 423 g/mol. The van der Waals surface area contributed by atoms with Crippen molar-refractivity contribution < 1.29 is 13.9 Å². The van der Waals surface area contributed by atoms with Crippen LogP contribution in [-0.4, -0.2) is 25.5 Å². The number of pyridine rings is 2. The lowest BCUT2D eigenvalue weighted by Crippen LogP contribution is -2.12. The normalized spacial score (nSPS) is 14.6. The van der Waals surface area contributed by atoms with Gasteiger partial charge in [-0.05, 0) is 43.3 Å². The highest BCUT2D eigenvalue weighted by atomic mass is 19.1. The number of rotatable bonds is 0. The summed E-state index contributed by atoms with van der Waals surface area (Å²) in [4.78, 5) is 22.4. The number of ketones is 1. The van der Waals surface area contributed by atoms with Crippen LogP contribution in [0.1, 0.15) is 40.3 Å². The standard InChI is InChI=1S/C24H17FN6O2/c1-12-17-9-14(25)5-6-15(17)21-16(4-3-7-28-21)23(32)22-20(18(10-26)31(2)30-22)13-8-19(33-12)24(27)29-11-13/h3-9,11-12H,1-2H3,(H2,27,29)/t12-/m1/s1. The van der Waals surface area contributed by atoms with Crippen LogP contribution in [0.2, 0.25) is 0 Å². The second-order valence-corrected chi connectivity index (χ2v) is 7.64. The second kappa shape index (κ2) is 7.53. The zero-order chi connectivity index (χ0) is 23.3. The van der Waals surface area contributed by atoms with Crippen molar-refractivity contribution in [3.8, 4) is 34.2 Å². The number of hydrogen-bond donors (Lipinski definition) is 1. The second-order valence-electron chi connectivity index (χ2n) is 7.64. The van der Waals surface area contributed by atoms with Gasteiger partial charge in [0.25, 0.3) is 0 Å². The molecule has 0 saturated heterocycles. The van der Waals surface area contributed by atoms with Gasteiger partial charge in [0.15, 0.2) is 11.6 Å². The van der Waals surface area contributed by atoms with Crippen molar-refractivity contribution in [2.75, 3.05) is 5.73 Å². The van der Waals surface area contributed by atoms with E-state index in [1.54, 1.807) is 44.4 Å². The van der Waals surface area contributed by atoms with Crippen molar-refractivity contribution in [3.05, 3.63) is 77.1 Å². The van der Waals surface area contributed by atoms with Gasteiger partial charge in [-0.15, -0.1) is 0 Å². The van der Waals surface area contributed by atoms with Crippen molar-refractivity contribution in [1.29, 1.82) is 5.26 Å². The maximum absolute atomic E-state index is 14.2. The maximum atomic E-state index is 14.2. The Bertz CT molecular complexity index is 1490. The fourth-order valence-electron chi connectivity index (χ4n) is 4.04. The van der Waals surface area contributed by atoms with E-state index < -0.39 is 17.7 Å². The molecule has 4 aromatic rings. The third-order valence-electron chi connectivity index (χ3n) is 5.60. The van der Waals surface area contributed by atoms with Crippen LogP contribution in [0.5, 0.6) is 5.75 Å². The molecule has 2 bridgehead atoms. The van der Waals surface area contributed by atoms with Gasteiger partial charge < -0.3 is 10.5 Å². The smallest absolute Gasteiger partial charge is 0.216 e. The van der Waals surface area contributed by atoms with Crippen LogP contribution in [0.4, 0.5) is 10.2 Å². The minimum Gasteiger partial charge on any atom is -0.482 e. The number of fused-ring (bicyclic) bond motifs is 7. The molecule has 0 unspecified atom stereocenters. The Morgan fingerprint density at radius 3 is 2.79 bits per heavy atom. The van der Waals surface area contributed by atoms with Gasteiger partial charge in [-0.3, -0.25) is 14.5 Å². The highest BCUT2D eigenvalue weighted by molar-refractivity contribution is 6.15. The first kappa shape index (κ1) is 20.3. The van der Waals surface area contributed by atoms with E-state index >= 15 is 0 Å². The van der Waals surface area contributed by atoms with Crippen LogP contribution >= 0.6 is 0 Å². The summed E-state index contributed by atoms with van der Waals surface area (Å²) in [5.41, 5.74) is 8.74. The van der Waals surface area contributed by atoms with Crippen LogP contribution < -0.4 is 10.5 Å². The Morgan fingerprint density at radius 1 is 1.18 bits per heavy atom. The average molecular weight is 440 g/mol. The highest BCUT2D eigenvalue weighted by Gasteiger charge is 2.29. The number of carbonyl (C=O) groups excluding carboxylic acids is 1.